The van der Waals surface area contributed by atoms with Crippen molar-refractivity contribution >= 4 is 34.1 Å². The van der Waals surface area contributed by atoms with Crippen LogP contribution in [-0.4, -0.2) is 27.9 Å². The molecule has 26 heavy (non-hydrogen) atoms. The molecule has 2 atom stereocenters. The molecule has 2 unspecified atom stereocenters. The van der Waals surface area contributed by atoms with Crippen molar-refractivity contribution < 1.29 is 4.79 Å². The summed E-state index contributed by atoms with van der Waals surface area (Å²) in [7, 11) is 0. The number of anilines is 1. The lowest BCUT2D eigenvalue weighted by atomic mass is 9.88. The zero-order valence-corrected chi connectivity index (χ0v) is 17.0. The van der Waals surface area contributed by atoms with E-state index in [4.69, 9.17) is 0 Å². The van der Waals surface area contributed by atoms with Crippen LogP contribution in [0.4, 0.5) is 5.13 Å². The molecule has 1 aliphatic carbocycles. The number of fused-ring (bicyclic) bond motifs is 1. The summed E-state index contributed by atoms with van der Waals surface area (Å²) in [6.45, 7) is 5.00. The van der Waals surface area contributed by atoms with Crippen LogP contribution >= 0.6 is 23.1 Å². The summed E-state index contributed by atoms with van der Waals surface area (Å²) in [4.78, 5) is 12.7. The molecule has 1 aromatic heterocycles. The van der Waals surface area contributed by atoms with Gasteiger partial charge in [0.15, 0.2) is 4.34 Å². The molecule has 1 aromatic carbocycles. The lowest BCUT2D eigenvalue weighted by Crippen LogP contribution is -2.35. The van der Waals surface area contributed by atoms with E-state index in [2.05, 4.69) is 52.0 Å². The summed E-state index contributed by atoms with van der Waals surface area (Å²) in [6, 6.07) is 8.55. The van der Waals surface area contributed by atoms with Gasteiger partial charge in [0, 0.05) is 6.54 Å². The molecule has 0 spiro atoms. The van der Waals surface area contributed by atoms with E-state index in [0.29, 0.717) is 0 Å². The Bertz CT molecular complexity index is 734. The van der Waals surface area contributed by atoms with Gasteiger partial charge in [0.05, 0.1) is 11.3 Å². The van der Waals surface area contributed by atoms with Crippen molar-refractivity contribution in [3.63, 3.8) is 0 Å². The number of carbonyl (C=O) groups is 1. The Morgan fingerprint density at radius 1 is 1.38 bits per heavy atom. The SMILES string of the molecule is CCCCNc1nnc(SC(C)C(=O)NC2CCCc3ccccc32)s1. The first kappa shape index (κ1) is 19.2. The van der Waals surface area contributed by atoms with Gasteiger partial charge in [0.2, 0.25) is 11.0 Å². The van der Waals surface area contributed by atoms with Crippen molar-refractivity contribution in [1.82, 2.24) is 15.5 Å². The van der Waals surface area contributed by atoms with Crippen LogP contribution in [0, 0.1) is 0 Å². The highest BCUT2D eigenvalue weighted by molar-refractivity contribution is 8.02. The third kappa shape index (κ3) is 4.98. The maximum atomic E-state index is 12.7. The normalized spacial score (nSPS) is 17.4. The summed E-state index contributed by atoms with van der Waals surface area (Å²) in [5.74, 6) is 0.0624. The number of unbranched alkanes of at least 4 members (excludes halogenated alkanes) is 1. The van der Waals surface area contributed by atoms with Crippen LogP contribution in [-0.2, 0) is 11.2 Å². The molecule has 0 radical (unpaired) electrons. The van der Waals surface area contributed by atoms with E-state index in [1.807, 2.05) is 6.92 Å². The zero-order chi connectivity index (χ0) is 18.4. The smallest absolute Gasteiger partial charge is 0.233 e. The average molecular weight is 391 g/mol. The topological polar surface area (TPSA) is 66.9 Å². The molecule has 140 valence electrons. The molecule has 1 heterocycles. The van der Waals surface area contributed by atoms with Crippen LogP contribution in [0.5, 0.6) is 0 Å². The fourth-order valence-corrected chi connectivity index (χ4v) is 5.03. The first-order chi connectivity index (χ1) is 12.7. The quantitative estimate of drug-likeness (QED) is 0.516. The highest BCUT2D eigenvalue weighted by Gasteiger charge is 2.24. The third-order valence-corrected chi connectivity index (χ3v) is 6.61. The molecule has 2 aromatic rings. The third-order valence-electron chi connectivity index (χ3n) is 4.55. The van der Waals surface area contributed by atoms with E-state index >= 15 is 0 Å². The first-order valence-electron chi connectivity index (χ1n) is 9.29. The lowest BCUT2D eigenvalue weighted by molar-refractivity contribution is -0.121. The minimum absolute atomic E-state index is 0.0624. The van der Waals surface area contributed by atoms with Gasteiger partial charge in [0.25, 0.3) is 0 Å². The molecule has 0 bridgehead atoms. The number of hydrogen-bond donors (Lipinski definition) is 2. The Hall–Kier alpha value is -1.60. The number of carbonyl (C=O) groups excluding carboxylic acids is 1. The minimum atomic E-state index is -0.194. The molecule has 3 rings (SSSR count). The van der Waals surface area contributed by atoms with Gasteiger partial charge in [-0.3, -0.25) is 4.79 Å². The van der Waals surface area contributed by atoms with Crippen molar-refractivity contribution in [3.8, 4) is 0 Å². The molecule has 0 saturated heterocycles. The number of aryl methyl sites for hydroxylation is 1. The first-order valence-corrected chi connectivity index (χ1v) is 11.0. The van der Waals surface area contributed by atoms with E-state index < -0.39 is 0 Å². The summed E-state index contributed by atoms with van der Waals surface area (Å²) in [5, 5.41) is 15.5. The number of hydrogen-bond acceptors (Lipinski definition) is 6. The molecule has 2 N–H and O–H groups in total. The van der Waals surface area contributed by atoms with Crippen molar-refractivity contribution in [1.29, 1.82) is 0 Å². The standard InChI is InChI=1S/C19H26N4OS2/c1-3-4-12-20-18-22-23-19(26-18)25-13(2)17(24)21-16-11-7-9-14-8-5-6-10-15(14)16/h5-6,8,10,13,16H,3-4,7,9,11-12H2,1-2H3,(H,20,22)(H,21,24). The van der Waals surface area contributed by atoms with Gasteiger partial charge in [-0.25, -0.2) is 0 Å². The zero-order valence-electron chi connectivity index (χ0n) is 15.3. The van der Waals surface area contributed by atoms with Gasteiger partial charge in [-0.15, -0.1) is 10.2 Å². The Labute approximate surface area is 163 Å². The van der Waals surface area contributed by atoms with Gasteiger partial charge >= 0.3 is 0 Å². The van der Waals surface area contributed by atoms with E-state index in [-0.39, 0.29) is 17.2 Å². The maximum absolute atomic E-state index is 12.7. The number of nitrogens with zero attached hydrogens (tertiary/aromatic N) is 2. The highest BCUT2D eigenvalue weighted by Crippen LogP contribution is 2.32. The Balaban J connectivity index is 1.54. The summed E-state index contributed by atoms with van der Waals surface area (Å²) in [5.41, 5.74) is 2.62. The van der Waals surface area contributed by atoms with E-state index in [0.717, 1.165) is 48.1 Å². The minimum Gasteiger partial charge on any atom is -0.360 e. The van der Waals surface area contributed by atoms with Crippen molar-refractivity contribution in [2.24, 2.45) is 0 Å². The molecule has 1 aliphatic rings. The fraction of sp³-hybridized carbons (Fsp3) is 0.526. The number of amides is 1. The number of aromatic nitrogens is 2. The maximum Gasteiger partial charge on any atom is 0.233 e. The van der Waals surface area contributed by atoms with E-state index in [9.17, 15) is 4.79 Å². The van der Waals surface area contributed by atoms with Gasteiger partial charge in [0.1, 0.15) is 0 Å². The van der Waals surface area contributed by atoms with Crippen molar-refractivity contribution in [2.75, 3.05) is 11.9 Å². The second-order valence-corrected chi connectivity index (χ2v) is 9.13. The predicted molar refractivity (Wildman–Crippen MR) is 109 cm³/mol. The van der Waals surface area contributed by atoms with Gasteiger partial charge < -0.3 is 10.6 Å². The number of rotatable bonds is 8. The van der Waals surface area contributed by atoms with Crippen LogP contribution in [0.25, 0.3) is 0 Å². The fourth-order valence-electron chi connectivity index (χ4n) is 3.10. The molecule has 1 amide bonds. The highest BCUT2D eigenvalue weighted by atomic mass is 32.2. The second kappa shape index (κ2) is 9.37. The molecule has 0 saturated carbocycles. The number of nitrogens with one attached hydrogen (secondary N) is 2. The number of benzene rings is 1. The second-order valence-electron chi connectivity index (χ2n) is 6.57. The Morgan fingerprint density at radius 2 is 2.23 bits per heavy atom. The molecule has 7 heteroatoms. The van der Waals surface area contributed by atoms with Gasteiger partial charge in [-0.2, -0.15) is 0 Å². The Morgan fingerprint density at radius 3 is 3.08 bits per heavy atom. The van der Waals surface area contributed by atoms with E-state index in [1.165, 1.54) is 34.2 Å². The predicted octanol–water partition coefficient (Wildman–Crippen LogP) is 4.42. The van der Waals surface area contributed by atoms with Crippen LogP contribution in [0.15, 0.2) is 28.6 Å². The average Bonchev–Trinajstić information content (AvgIpc) is 3.09. The molecule has 0 aliphatic heterocycles. The summed E-state index contributed by atoms with van der Waals surface area (Å²) >= 11 is 2.99. The van der Waals surface area contributed by atoms with Crippen molar-refractivity contribution in [3.05, 3.63) is 35.4 Å². The lowest BCUT2D eigenvalue weighted by Gasteiger charge is -2.27. The van der Waals surface area contributed by atoms with Crippen LogP contribution in [0.2, 0.25) is 0 Å². The molecule has 0 fully saturated rings. The number of thioether (sulfide) groups is 1. The molecular formula is C19H26N4OS2. The largest absolute Gasteiger partial charge is 0.360 e. The summed E-state index contributed by atoms with van der Waals surface area (Å²) < 4.78 is 0.829. The summed E-state index contributed by atoms with van der Waals surface area (Å²) in [6.07, 6.45) is 5.49. The monoisotopic (exact) mass is 390 g/mol. The van der Waals surface area contributed by atoms with E-state index in [1.54, 1.807) is 0 Å². The Kier molecular flexibility index (Phi) is 6.91. The van der Waals surface area contributed by atoms with Gasteiger partial charge in [-0.1, -0.05) is 60.7 Å². The van der Waals surface area contributed by atoms with Gasteiger partial charge in [-0.05, 0) is 43.7 Å². The molecular weight excluding hydrogens is 364 g/mol. The molecule has 5 nitrogen and oxygen atoms in total. The van der Waals surface area contributed by atoms with Crippen LogP contribution < -0.4 is 10.6 Å². The van der Waals surface area contributed by atoms with Crippen LogP contribution in [0.3, 0.4) is 0 Å². The van der Waals surface area contributed by atoms with Crippen molar-refractivity contribution in [2.45, 2.75) is 61.6 Å². The van der Waals surface area contributed by atoms with Crippen LogP contribution in [0.1, 0.15) is 56.7 Å².